The van der Waals surface area contributed by atoms with Crippen LogP contribution in [0.1, 0.15) is 29.4 Å². The van der Waals surface area contributed by atoms with Gasteiger partial charge in [0.15, 0.2) is 17.3 Å². The van der Waals surface area contributed by atoms with Gasteiger partial charge in [-0.15, -0.1) is 0 Å². The molecular formula is C21H25NO8. The standard InChI is InChI=1S/C21H25NO8/c1-27-18-9-13(3-4-16(18)23)15(11-19(25)28-2)21-20(26)17(24)10-14(30-21)12-22-5-7-29-8-6-22/h3-4,9-10,15,23,26H,5-8,11-12H2,1-2H3/t15-/m0/s1. The van der Waals surface area contributed by atoms with Gasteiger partial charge in [0.1, 0.15) is 5.76 Å². The van der Waals surface area contributed by atoms with Gasteiger partial charge in [0.25, 0.3) is 0 Å². The van der Waals surface area contributed by atoms with E-state index < -0.39 is 23.1 Å². The molecule has 2 aromatic rings. The van der Waals surface area contributed by atoms with Crippen LogP contribution in [0, 0.1) is 0 Å². The van der Waals surface area contributed by atoms with Crippen LogP contribution in [0.3, 0.4) is 0 Å². The van der Waals surface area contributed by atoms with E-state index in [1.54, 1.807) is 6.07 Å². The van der Waals surface area contributed by atoms with Crippen LogP contribution in [-0.2, 0) is 20.8 Å². The second kappa shape index (κ2) is 9.64. The molecule has 30 heavy (non-hydrogen) atoms. The van der Waals surface area contributed by atoms with Crippen molar-refractivity contribution >= 4 is 5.97 Å². The van der Waals surface area contributed by atoms with Crippen molar-refractivity contribution in [3.8, 4) is 17.2 Å². The van der Waals surface area contributed by atoms with Crippen molar-refractivity contribution in [1.82, 2.24) is 4.90 Å². The number of carbonyl (C=O) groups excluding carboxylic acids is 1. The van der Waals surface area contributed by atoms with Crippen LogP contribution in [0.2, 0.25) is 0 Å². The Labute approximate surface area is 173 Å². The highest BCUT2D eigenvalue weighted by molar-refractivity contribution is 5.71. The monoisotopic (exact) mass is 419 g/mol. The van der Waals surface area contributed by atoms with Crippen molar-refractivity contribution in [2.45, 2.75) is 18.9 Å². The molecule has 0 spiro atoms. The number of hydrogen-bond donors (Lipinski definition) is 2. The number of ether oxygens (including phenoxy) is 3. The van der Waals surface area contributed by atoms with E-state index in [0.29, 0.717) is 44.2 Å². The van der Waals surface area contributed by atoms with Crippen molar-refractivity contribution in [1.29, 1.82) is 0 Å². The summed E-state index contributed by atoms with van der Waals surface area (Å²) in [4.78, 5) is 26.6. The Balaban J connectivity index is 2.03. The van der Waals surface area contributed by atoms with E-state index in [2.05, 4.69) is 4.90 Å². The zero-order valence-electron chi connectivity index (χ0n) is 16.9. The number of methoxy groups -OCH3 is 2. The Bertz CT molecular complexity index is 949. The fourth-order valence-corrected chi connectivity index (χ4v) is 3.37. The number of benzene rings is 1. The van der Waals surface area contributed by atoms with E-state index in [1.165, 1.54) is 32.4 Å². The molecule has 0 bridgehead atoms. The van der Waals surface area contributed by atoms with E-state index in [1.807, 2.05) is 0 Å². The Morgan fingerprint density at radius 3 is 2.60 bits per heavy atom. The predicted molar refractivity (Wildman–Crippen MR) is 106 cm³/mol. The summed E-state index contributed by atoms with van der Waals surface area (Å²) < 4.78 is 21.2. The molecule has 1 atom stereocenters. The molecule has 1 aliphatic heterocycles. The number of morpholine rings is 1. The Morgan fingerprint density at radius 2 is 1.93 bits per heavy atom. The first-order valence-corrected chi connectivity index (χ1v) is 9.52. The maximum Gasteiger partial charge on any atom is 0.306 e. The fraction of sp³-hybridized carbons (Fsp3) is 0.429. The number of carbonyl (C=O) groups is 1. The van der Waals surface area contributed by atoms with Crippen LogP contribution >= 0.6 is 0 Å². The summed E-state index contributed by atoms with van der Waals surface area (Å²) in [7, 11) is 2.65. The molecular weight excluding hydrogens is 394 g/mol. The van der Waals surface area contributed by atoms with Gasteiger partial charge < -0.3 is 28.8 Å². The molecule has 162 valence electrons. The number of phenols is 1. The van der Waals surface area contributed by atoms with E-state index >= 15 is 0 Å². The summed E-state index contributed by atoms with van der Waals surface area (Å²) in [6.45, 7) is 2.94. The molecule has 0 saturated carbocycles. The van der Waals surface area contributed by atoms with Crippen molar-refractivity contribution < 1.29 is 33.6 Å². The molecule has 0 aliphatic carbocycles. The van der Waals surface area contributed by atoms with Crippen molar-refractivity contribution in [2.24, 2.45) is 0 Å². The molecule has 0 amide bonds. The van der Waals surface area contributed by atoms with Gasteiger partial charge in [-0.05, 0) is 17.7 Å². The third kappa shape index (κ3) is 4.92. The molecule has 2 heterocycles. The van der Waals surface area contributed by atoms with Crippen LogP contribution in [0.25, 0.3) is 0 Å². The minimum atomic E-state index is -0.815. The van der Waals surface area contributed by atoms with Crippen LogP contribution in [-0.4, -0.2) is 61.6 Å². The van der Waals surface area contributed by atoms with Crippen molar-refractivity contribution in [3.63, 3.8) is 0 Å². The maximum atomic E-state index is 12.4. The Kier molecular flexibility index (Phi) is 6.96. The van der Waals surface area contributed by atoms with Gasteiger partial charge >= 0.3 is 5.97 Å². The highest BCUT2D eigenvalue weighted by Crippen LogP contribution is 2.37. The molecule has 9 heteroatoms. The summed E-state index contributed by atoms with van der Waals surface area (Å²) >= 11 is 0. The van der Waals surface area contributed by atoms with E-state index in [4.69, 9.17) is 18.6 Å². The van der Waals surface area contributed by atoms with Crippen molar-refractivity contribution in [3.05, 3.63) is 51.6 Å². The summed E-state index contributed by atoms with van der Waals surface area (Å²) in [5.41, 5.74) is -0.0860. The molecule has 2 N–H and O–H groups in total. The molecule has 3 rings (SSSR count). The second-order valence-electron chi connectivity index (χ2n) is 6.94. The lowest BCUT2D eigenvalue weighted by Crippen LogP contribution is -2.35. The van der Waals surface area contributed by atoms with E-state index in [-0.39, 0.29) is 23.7 Å². The highest BCUT2D eigenvalue weighted by atomic mass is 16.5. The van der Waals surface area contributed by atoms with Gasteiger partial charge in [-0.25, -0.2) is 0 Å². The number of phenolic OH excluding ortho intramolecular Hbond substituents is 1. The van der Waals surface area contributed by atoms with Crippen LogP contribution in [0.5, 0.6) is 17.2 Å². The molecule has 1 fully saturated rings. The van der Waals surface area contributed by atoms with Crippen LogP contribution in [0.15, 0.2) is 33.5 Å². The first-order chi connectivity index (χ1) is 14.4. The normalized spacial score (nSPS) is 15.5. The fourth-order valence-electron chi connectivity index (χ4n) is 3.37. The number of aromatic hydroxyl groups is 2. The third-order valence-electron chi connectivity index (χ3n) is 5.00. The number of rotatable bonds is 7. The van der Waals surface area contributed by atoms with Gasteiger partial charge in [0.2, 0.25) is 11.2 Å². The lowest BCUT2D eigenvalue weighted by Gasteiger charge is -2.26. The molecule has 9 nitrogen and oxygen atoms in total. The molecule has 0 radical (unpaired) electrons. The zero-order valence-corrected chi connectivity index (χ0v) is 16.9. The zero-order chi connectivity index (χ0) is 21.7. The summed E-state index contributed by atoms with van der Waals surface area (Å²) in [6, 6.07) is 5.75. The Morgan fingerprint density at radius 1 is 1.20 bits per heavy atom. The van der Waals surface area contributed by atoms with E-state index in [0.717, 1.165) is 0 Å². The van der Waals surface area contributed by atoms with Crippen LogP contribution in [0.4, 0.5) is 0 Å². The van der Waals surface area contributed by atoms with Crippen LogP contribution < -0.4 is 10.2 Å². The van der Waals surface area contributed by atoms with Gasteiger partial charge in [-0.1, -0.05) is 6.07 Å². The van der Waals surface area contributed by atoms with Gasteiger partial charge in [-0.2, -0.15) is 0 Å². The summed E-state index contributed by atoms with van der Waals surface area (Å²) in [5.74, 6) is -1.49. The average Bonchev–Trinajstić information content (AvgIpc) is 2.75. The minimum Gasteiger partial charge on any atom is -0.504 e. The second-order valence-corrected chi connectivity index (χ2v) is 6.94. The van der Waals surface area contributed by atoms with Crippen molar-refractivity contribution in [2.75, 3.05) is 40.5 Å². The van der Waals surface area contributed by atoms with Gasteiger partial charge in [-0.3, -0.25) is 14.5 Å². The number of nitrogens with zero attached hydrogens (tertiary/aromatic N) is 1. The first-order valence-electron chi connectivity index (χ1n) is 9.52. The smallest absolute Gasteiger partial charge is 0.306 e. The highest BCUT2D eigenvalue weighted by Gasteiger charge is 2.28. The molecule has 1 aromatic carbocycles. The molecule has 1 saturated heterocycles. The number of hydrogen-bond acceptors (Lipinski definition) is 9. The summed E-state index contributed by atoms with van der Waals surface area (Å²) in [5, 5.41) is 20.3. The SMILES string of the molecule is COC(=O)C[C@@H](c1ccc(O)c(OC)c1)c1oc(CN2CCOCC2)cc(=O)c1O. The Hall–Kier alpha value is -3.04. The van der Waals surface area contributed by atoms with Gasteiger partial charge in [0.05, 0.1) is 46.3 Å². The summed E-state index contributed by atoms with van der Waals surface area (Å²) in [6.07, 6.45) is -0.179. The molecule has 1 aromatic heterocycles. The maximum absolute atomic E-state index is 12.4. The quantitative estimate of drug-likeness (QED) is 0.645. The third-order valence-corrected chi connectivity index (χ3v) is 5.00. The molecule has 0 unspecified atom stereocenters. The largest absolute Gasteiger partial charge is 0.504 e. The lowest BCUT2D eigenvalue weighted by atomic mass is 9.92. The van der Waals surface area contributed by atoms with E-state index in [9.17, 15) is 19.8 Å². The topological polar surface area (TPSA) is 119 Å². The van der Waals surface area contributed by atoms with Gasteiger partial charge in [0, 0.05) is 19.2 Å². The molecule has 1 aliphatic rings. The predicted octanol–water partition coefficient (Wildman–Crippen LogP) is 1.59. The minimum absolute atomic E-state index is 0.0381. The number of esters is 1. The lowest BCUT2D eigenvalue weighted by molar-refractivity contribution is -0.140. The average molecular weight is 419 g/mol. The first kappa shape index (κ1) is 21.7.